The number of amides is 1. The van der Waals surface area contributed by atoms with Crippen LogP contribution in [0.1, 0.15) is 36.5 Å². The highest BCUT2D eigenvalue weighted by molar-refractivity contribution is 5.96. The predicted molar refractivity (Wildman–Crippen MR) is 77.7 cm³/mol. The van der Waals surface area contributed by atoms with Crippen LogP contribution in [0.5, 0.6) is 5.88 Å². The van der Waals surface area contributed by atoms with Gasteiger partial charge in [-0.3, -0.25) is 4.79 Å². The molecule has 2 atom stereocenters. The summed E-state index contributed by atoms with van der Waals surface area (Å²) in [5, 5.41) is 0. The summed E-state index contributed by atoms with van der Waals surface area (Å²) in [6.07, 6.45) is 4.91. The van der Waals surface area contributed by atoms with Gasteiger partial charge in [-0.2, -0.15) is 0 Å². The van der Waals surface area contributed by atoms with Crippen LogP contribution < -0.4 is 10.5 Å². The Balaban J connectivity index is 2.25. The van der Waals surface area contributed by atoms with Gasteiger partial charge in [-0.15, -0.1) is 0 Å². The van der Waals surface area contributed by atoms with E-state index >= 15 is 0 Å². The number of methoxy groups -OCH3 is 1. The lowest BCUT2D eigenvalue weighted by atomic mass is 10.0. The summed E-state index contributed by atoms with van der Waals surface area (Å²) in [7, 11) is 1.54. The highest BCUT2D eigenvalue weighted by Crippen LogP contribution is 2.31. The van der Waals surface area contributed by atoms with Crippen molar-refractivity contribution in [3.63, 3.8) is 0 Å². The van der Waals surface area contributed by atoms with E-state index in [1.807, 2.05) is 11.8 Å². The highest BCUT2D eigenvalue weighted by atomic mass is 16.5. The number of rotatable bonds is 5. The minimum atomic E-state index is -0.0113. The van der Waals surface area contributed by atoms with E-state index < -0.39 is 0 Å². The third-order valence-electron chi connectivity index (χ3n) is 4.12. The Bertz CT molecular complexity index is 464. The number of ether oxygens (including phenoxy) is 1. The minimum Gasteiger partial charge on any atom is -0.480 e. The molecule has 5 nitrogen and oxygen atoms in total. The Hall–Kier alpha value is -1.62. The number of pyridine rings is 1. The van der Waals surface area contributed by atoms with Gasteiger partial charge >= 0.3 is 0 Å². The van der Waals surface area contributed by atoms with Crippen LogP contribution in [0.15, 0.2) is 18.3 Å². The van der Waals surface area contributed by atoms with Gasteiger partial charge in [0.05, 0.1) is 7.11 Å². The van der Waals surface area contributed by atoms with Gasteiger partial charge in [-0.1, -0.05) is 6.42 Å². The first kappa shape index (κ1) is 14.8. The Morgan fingerprint density at radius 2 is 2.35 bits per heavy atom. The SMILES string of the molecule is CCN(C(=O)c1cccnc1OC)C1CCCC1CN. The van der Waals surface area contributed by atoms with Crippen LogP contribution in [0.4, 0.5) is 0 Å². The predicted octanol–water partition coefficient (Wildman–Crippen LogP) is 1.68. The van der Waals surface area contributed by atoms with Crippen molar-refractivity contribution in [2.75, 3.05) is 20.2 Å². The molecule has 2 N–H and O–H groups in total. The molecule has 1 heterocycles. The zero-order valence-electron chi connectivity index (χ0n) is 12.2. The Labute approximate surface area is 120 Å². The highest BCUT2D eigenvalue weighted by Gasteiger charge is 2.34. The van der Waals surface area contributed by atoms with Crippen LogP contribution in [0, 0.1) is 5.92 Å². The first-order valence-electron chi connectivity index (χ1n) is 7.23. The molecular formula is C15H23N3O2. The molecule has 0 radical (unpaired) electrons. The summed E-state index contributed by atoms with van der Waals surface area (Å²) in [6.45, 7) is 3.32. The molecule has 1 fully saturated rings. The van der Waals surface area contributed by atoms with Crippen molar-refractivity contribution in [3.05, 3.63) is 23.9 Å². The van der Waals surface area contributed by atoms with Gasteiger partial charge in [0.15, 0.2) is 0 Å². The molecule has 1 amide bonds. The van der Waals surface area contributed by atoms with Crippen molar-refractivity contribution in [2.24, 2.45) is 11.7 Å². The van der Waals surface area contributed by atoms with Gasteiger partial charge in [0.2, 0.25) is 5.88 Å². The largest absolute Gasteiger partial charge is 0.480 e. The maximum Gasteiger partial charge on any atom is 0.259 e. The fourth-order valence-electron chi connectivity index (χ4n) is 3.10. The maximum absolute atomic E-state index is 12.8. The minimum absolute atomic E-state index is 0.0113. The van der Waals surface area contributed by atoms with Crippen LogP contribution in [-0.4, -0.2) is 42.0 Å². The van der Waals surface area contributed by atoms with Gasteiger partial charge in [-0.05, 0) is 44.4 Å². The average Bonchev–Trinajstić information content (AvgIpc) is 2.96. The van der Waals surface area contributed by atoms with E-state index in [1.165, 1.54) is 7.11 Å². The lowest BCUT2D eigenvalue weighted by Crippen LogP contribution is -2.44. The molecule has 0 saturated heterocycles. The van der Waals surface area contributed by atoms with Crippen molar-refractivity contribution in [1.82, 2.24) is 9.88 Å². The topological polar surface area (TPSA) is 68.5 Å². The molecule has 5 heteroatoms. The summed E-state index contributed by atoms with van der Waals surface area (Å²) in [5.74, 6) is 0.780. The van der Waals surface area contributed by atoms with Crippen LogP contribution in [0.25, 0.3) is 0 Å². The van der Waals surface area contributed by atoms with Gasteiger partial charge in [0.1, 0.15) is 5.56 Å². The monoisotopic (exact) mass is 277 g/mol. The molecule has 20 heavy (non-hydrogen) atoms. The number of nitrogens with two attached hydrogens (primary N) is 1. The Morgan fingerprint density at radius 3 is 3.00 bits per heavy atom. The molecule has 0 aliphatic heterocycles. The van der Waals surface area contributed by atoms with Crippen molar-refractivity contribution in [3.8, 4) is 5.88 Å². The summed E-state index contributed by atoms with van der Waals surface area (Å²) in [6, 6.07) is 3.77. The molecule has 1 aromatic heterocycles. The number of nitrogens with zero attached hydrogens (tertiary/aromatic N) is 2. The third-order valence-corrected chi connectivity index (χ3v) is 4.12. The summed E-state index contributed by atoms with van der Waals surface area (Å²) in [5.41, 5.74) is 6.36. The Morgan fingerprint density at radius 1 is 1.55 bits per heavy atom. The van der Waals surface area contributed by atoms with E-state index in [1.54, 1.807) is 18.3 Å². The second kappa shape index (κ2) is 6.70. The van der Waals surface area contributed by atoms with E-state index in [-0.39, 0.29) is 11.9 Å². The molecule has 0 bridgehead atoms. The molecule has 0 spiro atoms. The van der Waals surface area contributed by atoms with Crippen LogP contribution in [0.3, 0.4) is 0 Å². The molecule has 2 rings (SSSR count). The van der Waals surface area contributed by atoms with Gasteiger partial charge < -0.3 is 15.4 Å². The van der Waals surface area contributed by atoms with Crippen LogP contribution in [0.2, 0.25) is 0 Å². The number of hydrogen-bond acceptors (Lipinski definition) is 4. The molecule has 1 aliphatic rings. The average molecular weight is 277 g/mol. The van der Waals surface area contributed by atoms with E-state index in [0.29, 0.717) is 30.5 Å². The molecule has 110 valence electrons. The zero-order chi connectivity index (χ0) is 14.5. The van der Waals surface area contributed by atoms with Crippen molar-refractivity contribution >= 4 is 5.91 Å². The van der Waals surface area contributed by atoms with E-state index in [2.05, 4.69) is 4.98 Å². The number of carbonyl (C=O) groups excluding carboxylic acids is 1. The number of aromatic nitrogens is 1. The maximum atomic E-state index is 12.8. The molecule has 2 unspecified atom stereocenters. The standard InChI is InChI=1S/C15H23N3O2/c1-3-18(13-8-4-6-11(13)10-16)15(19)12-7-5-9-17-14(12)20-2/h5,7,9,11,13H,3-4,6,8,10,16H2,1-2H3. The van der Waals surface area contributed by atoms with E-state index in [0.717, 1.165) is 19.3 Å². The third kappa shape index (κ3) is 2.77. The normalized spacial score (nSPS) is 21.8. The van der Waals surface area contributed by atoms with Crippen LogP contribution in [-0.2, 0) is 0 Å². The summed E-state index contributed by atoms with van der Waals surface area (Å²) in [4.78, 5) is 18.8. The lowest BCUT2D eigenvalue weighted by molar-refractivity contribution is 0.0648. The molecular weight excluding hydrogens is 254 g/mol. The van der Waals surface area contributed by atoms with Crippen molar-refractivity contribution in [2.45, 2.75) is 32.2 Å². The van der Waals surface area contributed by atoms with Crippen molar-refractivity contribution < 1.29 is 9.53 Å². The molecule has 1 aromatic rings. The van der Waals surface area contributed by atoms with Gasteiger partial charge in [0.25, 0.3) is 5.91 Å². The van der Waals surface area contributed by atoms with Crippen molar-refractivity contribution in [1.29, 1.82) is 0 Å². The molecule has 1 aliphatic carbocycles. The first-order valence-corrected chi connectivity index (χ1v) is 7.23. The fourth-order valence-corrected chi connectivity index (χ4v) is 3.10. The van der Waals surface area contributed by atoms with Crippen LogP contribution >= 0.6 is 0 Å². The van der Waals surface area contributed by atoms with E-state index in [4.69, 9.17) is 10.5 Å². The molecule has 1 saturated carbocycles. The smallest absolute Gasteiger partial charge is 0.259 e. The summed E-state index contributed by atoms with van der Waals surface area (Å²) >= 11 is 0. The second-order valence-electron chi connectivity index (χ2n) is 5.15. The molecule has 0 aromatic carbocycles. The number of hydrogen-bond donors (Lipinski definition) is 1. The van der Waals surface area contributed by atoms with E-state index in [9.17, 15) is 4.79 Å². The second-order valence-corrected chi connectivity index (χ2v) is 5.15. The zero-order valence-corrected chi connectivity index (χ0v) is 12.2. The van der Waals surface area contributed by atoms with Gasteiger partial charge in [0, 0.05) is 18.8 Å². The Kier molecular flexibility index (Phi) is 4.95. The fraction of sp³-hybridized carbons (Fsp3) is 0.600. The summed E-state index contributed by atoms with van der Waals surface area (Å²) < 4.78 is 5.19. The number of carbonyl (C=O) groups is 1. The lowest BCUT2D eigenvalue weighted by Gasteiger charge is -2.32. The quantitative estimate of drug-likeness (QED) is 0.889. The first-order chi connectivity index (χ1) is 9.72. The van der Waals surface area contributed by atoms with Gasteiger partial charge in [-0.25, -0.2) is 4.98 Å².